The molecule has 0 fully saturated rings. The molecule has 0 atom stereocenters. The van der Waals surface area contributed by atoms with Crippen LogP contribution in [0.5, 0.6) is 0 Å². The van der Waals surface area contributed by atoms with E-state index in [0.717, 1.165) is 16.5 Å². The van der Waals surface area contributed by atoms with Crippen LogP contribution < -0.4 is 4.90 Å². The van der Waals surface area contributed by atoms with E-state index in [0.29, 0.717) is 10.7 Å². The first kappa shape index (κ1) is 14.2. The molecule has 2 aromatic rings. The first-order chi connectivity index (χ1) is 10.4. The second kappa shape index (κ2) is 4.92. The summed E-state index contributed by atoms with van der Waals surface area (Å²) in [5, 5.41) is 11.2. The number of non-ortho nitro benzene ring substituents is 1. The standard InChI is InChI=1S/C15H9ClN2O4/c1-8-2-3-9(7-13(8)16)17-14(19)11-5-4-10(18(21)22)6-12(11)15(17)20/h2-7H,1H3. The van der Waals surface area contributed by atoms with Crippen molar-refractivity contribution in [1.82, 2.24) is 0 Å². The molecule has 110 valence electrons. The number of carbonyl (C=O) groups is 2. The molecule has 1 aliphatic rings. The van der Waals surface area contributed by atoms with Crippen molar-refractivity contribution < 1.29 is 14.5 Å². The van der Waals surface area contributed by atoms with E-state index in [9.17, 15) is 19.7 Å². The van der Waals surface area contributed by atoms with Crippen molar-refractivity contribution in [3.8, 4) is 0 Å². The van der Waals surface area contributed by atoms with Gasteiger partial charge in [0.05, 0.1) is 21.7 Å². The summed E-state index contributed by atoms with van der Waals surface area (Å²) in [6.45, 7) is 1.80. The molecular formula is C15H9ClN2O4. The molecule has 0 saturated carbocycles. The van der Waals surface area contributed by atoms with Gasteiger partial charge in [-0.25, -0.2) is 4.90 Å². The minimum absolute atomic E-state index is 0.0240. The number of fused-ring (bicyclic) bond motifs is 1. The SMILES string of the molecule is Cc1ccc(N2C(=O)c3ccc([N+](=O)[O-])cc3C2=O)cc1Cl. The molecule has 6 nitrogen and oxygen atoms in total. The number of rotatable bonds is 2. The molecule has 0 spiro atoms. The van der Waals surface area contributed by atoms with Crippen molar-refractivity contribution in [2.24, 2.45) is 0 Å². The van der Waals surface area contributed by atoms with Gasteiger partial charge in [0.25, 0.3) is 17.5 Å². The molecule has 1 heterocycles. The van der Waals surface area contributed by atoms with Gasteiger partial charge in [0.2, 0.25) is 0 Å². The number of halogens is 1. The molecule has 0 unspecified atom stereocenters. The number of hydrogen-bond acceptors (Lipinski definition) is 4. The summed E-state index contributed by atoms with van der Waals surface area (Å²) in [6.07, 6.45) is 0. The summed E-state index contributed by atoms with van der Waals surface area (Å²) in [5.41, 5.74) is 1.09. The maximum Gasteiger partial charge on any atom is 0.270 e. The van der Waals surface area contributed by atoms with Crippen LogP contribution in [0.25, 0.3) is 0 Å². The highest BCUT2D eigenvalue weighted by Gasteiger charge is 2.37. The fourth-order valence-electron chi connectivity index (χ4n) is 2.30. The Morgan fingerprint density at radius 2 is 1.73 bits per heavy atom. The summed E-state index contributed by atoms with van der Waals surface area (Å²) in [5.74, 6) is -1.11. The number of benzene rings is 2. The quantitative estimate of drug-likeness (QED) is 0.483. The number of aryl methyl sites for hydroxylation is 1. The van der Waals surface area contributed by atoms with Gasteiger partial charge in [-0.3, -0.25) is 19.7 Å². The maximum absolute atomic E-state index is 12.4. The number of nitro groups is 1. The lowest BCUT2D eigenvalue weighted by Crippen LogP contribution is -2.29. The maximum atomic E-state index is 12.4. The average molecular weight is 317 g/mol. The second-order valence-electron chi connectivity index (χ2n) is 4.87. The van der Waals surface area contributed by atoms with Crippen LogP contribution >= 0.6 is 11.6 Å². The predicted molar refractivity (Wildman–Crippen MR) is 80.4 cm³/mol. The van der Waals surface area contributed by atoms with E-state index >= 15 is 0 Å². The highest BCUT2D eigenvalue weighted by atomic mass is 35.5. The number of amides is 2. The highest BCUT2D eigenvalue weighted by molar-refractivity contribution is 6.35. The van der Waals surface area contributed by atoms with E-state index in [4.69, 9.17) is 11.6 Å². The van der Waals surface area contributed by atoms with Gasteiger partial charge < -0.3 is 0 Å². The average Bonchev–Trinajstić information content (AvgIpc) is 2.73. The molecule has 0 aromatic heterocycles. The van der Waals surface area contributed by atoms with Crippen molar-refractivity contribution >= 4 is 34.8 Å². The van der Waals surface area contributed by atoms with Gasteiger partial charge in [0, 0.05) is 17.2 Å². The third-order valence-electron chi connectivity index (χ3n) is 3.49. The van der Waals surface area contributed by atoms with Crippen LogP contribution in [0.3, 0.4) is 0 Å². The van der Waals surface area contributed by atoms with Crippen LogP contribution in [-0.2, 0) is 0 Å². The summed E-state index contributed by atoms with van der Waals surface area (Å²) in [7, 11) is 0. The lowest BCUT2D eigenvalue weighted by atomic mass is 10.1. The van der Waals surface area contributed by atoms with Crippen LogP contribution in [0.4, 0.5) is 11.4 Å². The van der Waals surface area contributed by atoms with E-state index in [2.05, 4.69) is 0 Å². The Kier molecular flexibility index (Phi) is 3.18. The van der Waals surface area contributed by atoms with Gasteiger partial charge in [-0.05, 0) is 30.7 Å². The molecule has 0 aliphatic carbocycles. The summed E-state index contributed by atoms with van der Waals surface area (Å²) < 4.78 is 0. The van der Waals surface area contributed by atoms with E-state index in [1.165, 1.54) is 18.2 Å². The first-order valence-corrected chi connectivity index (χ1v) is 6.71. The van der Waals surface area contributed by atoms with Crippen LogP contribution in [0, 0.1) is 17.0 Å². The largest absolute Gasteiger partial charge is 0.270 e. The Morgan fingerprint density at radius 1 is 1.05 bits per heavy atom. The monoisotopic (exact) mass is 316 g/mol. The van der Waals surface area contributed by atoms with Crippen molar-refractivity contribution in [2.75, 3.05) is 4.90 Å². The molecule has 7 heteroatoms. The van der Waals surface area contributed by atoms with Crippen molar-refractivity contribution in [1.29, 1.82) is 0 Å². The number of hydrogen-bond donors (Lipinski definition) is 0. The number of carbonyl (C=O) groups excluding carboxylic acids is 2. The zero-order chi connectivity index (χ0) is 16.0. The van der Waals surface area contributed by atoms with Crippen molar-refractivity contribution in [2.45, 2.75) is 6.92 Å². The summed E-state index contributed by atoms with van der Waals surface area (Å²) >= 11 is 6.03. The second-order valence-corrected chi connectivity index (χ2v) is 5.27. The third-order valence-corrected chi connectivity index (χ3v) is 3.90. The number of nitrogens with zero attached hydrogens (tertiary/aromatic N) is 2. The third kappa shape index (κ3) is 2.05. The molecule has 0 N–H and O–H groups in total. The Balaban J connectivity index is 2.09. The molecule has 3 rings (SSSR count). The van der Waals surface area contributed by atoms with Gasteiger partial charge in [0.15, 0.2) is 0 Å². The van der Waals surface area contributed by atoms with Gasteiger partial charge in [0.1, 0.15) is 0 Å². The van der Waals surface area contributed by atoms with E-state index in [-0.39, 0.29) is 16.8 Å². The Bertz CT molecular complexity index is 847. The molecule has 0 saturated heterocycles. The molecule has 1 aliphatic heterocycles. The van der Waals surface area contributed by atoms with Crippen LogP contribution in [0.2, 0.25) is 5.02 Å². The smallest absolute Gasteiger partial charge is 0.268 e. The molecule has 2 amide bonds. The van der Waals surface area contributed by atoms with Gasteiger partial charge in [-0.1, -0.05) is 17.7 Å². The zero-order valence-corrected chi connectivity index (χ0v) is 12.1. The Labute approximate surface area is 130 Å². The lowest BCUT2D eigenvalue weighted by molar-refractivity contribution is -0.384. The van der Waals surface area contributed by atoms with E-state index < -0.39 is 16.7 Å². The number of nitro benzene ring substituents is 1. The summed E-state index contributed by atoms with van der Waals surface area (Å²) in [6, 6.07) is 8.44. The fourth-order valence-corrected chi connectivity index (χ4v) is 2.47. The van der Waals surface area contributed by atoms with Crippen LogP contribution in [0.1, 0.15) is 26.3 Å². The van der Waals surface area contributed by atoms with Gasteiger partial charge >= 0.3 is 0 Å². The molecular weight excluding hydrogens is 308 g/mol. The van der Waals surface area contributed by atoms with Gasteiger partial charge in [-0.15, -0.1) is 0 Å². The normalized spacial score (nSPS) is 13.5. The lowest BCUT2D eigenvalue weighted by Gasteiger charge is -2.14. The van der Waals surface area contributed by atoms with Crippen molar-refractivity contribution in [3.05, 3.63) is 68.2 Å². The zero-order valence-electron chi connectivity index (χ0n) is 11.4. The first-order valence-electron chi connectivity index (χ1n) is 6.33. The minimum Gasteiger partial charge on any atom is -0.268 e. The number of anilines is 1. The molecule has 0 bridgehead atoms. The molecule has 22 heavy (non-hydrogen) atoms. The predicted octanol–water partition coefficient (Wildman–Crippen LogP) is 3.36. The topological polar surface area (TPSA) is 80.5 Å². The van der Waals surface area contributed by atoms with E-state index in [1.54, 1.807) is 19.1 Å². The van der Waals surface area contributed by atoms with Gasteiger partial charge in [-0.2, -0.15) is 0 Å². The van der Waals surface area contributed by atoms with Crippen molar-refractivity contribution in [3.63, 3.8) is 0 Å². The van der Waals surface area contributed by atoms with E-state index in [1.807, 2.05) is 0 Å². The highest BCUT2D eigenvalue weighted by Crippen LogP contribution is 2.32. The Hall–Kier alpha value is -2.73. The summed E-state index contributed by atoms with van der Waals surface area (Å²) in [4.78, 5) is 36.0. The number of imide groups is 1. The van der Waals surface area contributed by atoms with Crippen LogP contribution in [0.15, 0.2) is 36.4 Å². The minimum atomic E-state index is -0.608. The molecule has 2 aromatic carbocycles. The Morgan fingerprint density at radius 3 is 2.36 bits per heavy atom. The van der Waals surface area contributed by atoms with Crippen LogP contribution in [-0.4, -0.2) is 16.7 Å². The molecule has 0 radical (unpaired) electrons. The fraction of sp³-hybridized carbons (Fsp3) is 0.0667.